The summed E-state index contributed by atoms with van der Waals surface area (Å²) < 4.78 is 4.39. The molecule has 0 amide bonds. The van der Waals surface area contributed by atoms with E-state index >= 15 is 0 Å². The molecule has 1 saturated heterocycles. The summed E-state index contributed by atoms with van der Waals surface area (Å²) in [6, 6.07) is 0. The third-order valence-corrected chi connectivity index (χ3v) is 4.82. The van der Waals surface area contributed by atoms with Crippen LogP contribution in [0, 0.1) is 0 Å². The quantitative estimate of drug-likeness (QED) is 0.884. The van der Waals surface area contributed by atoms with Crippen LogP contribution in [-0.2, 0) is 0 Å². The first-order chi connectivity index (χ1) is 8.42. The second kappa shape index (κ2) is 5.54. The molecule has 1 aliphatic carbocycles. The second-order valence-corrected chi connectivity index (χ2v) is 6.59. The van der Waals surface area contributed by atoms with Gasteiger partial charge in [0.25, 0.3) is 0 Å². The minimum absolute atomic E-state index is 0.668. The molecule has 1 saturated carbocycles. The van der Waals surface area contributed by atoms with Gasteiger partial charge in [0.1, 0.15) is 5.82 Å². The van der Waals surface area contributed by atoms with E-state index in [1.165, 1.54) is 49.0 Å². The van der Waals surface area contributed by atoms with Crippen LogP contribution in [0.25, 0.3) is 0 Å². The average molecular weight is 270 g/mol. The Kier molecular flexibility index (Phi) is 3.83. The smallest absolute Gasteiger partial charge is 0.202 e. The van der Waals surface area contributed by atoms with Crippen LogP contribution in [0.15, 0.2) is 0 Å². The number of rotatable bonds is 5. The van der Waals surface area contributed by atoms with Gasteiger partial charge >= 0.3 is 0 Å². The molecule has 2 aliphatic rings. The van der Waals surface area contributed by atoms with Crippen LogP contribution in [0.3, 0.4) is 0 Å². The van der Waals surface area contributed by atoms with E-state index in [9.17, 15) is 0 Å². The molecule has 0 unspecified atom stereocenters. The minimum atomic E-state index is 0.668. The summed E-state index contributed by atoms with van der Waals surface area (Å²) in [5.74, 6) is 4.29. The second-order valence-electron chi connectivity index (χ2n) is 4.61. The molecule has 1 aromatic rings. The van der Waals surface area contributed by atoms with E-state index in [1.54, 1.807) is 0 Å². The molecular formula is C11H18N4S2. The van der Waals surface area contributed by atoms with Crippen molar-refractivity contribution in [3.8, 4) is 0 Å². The van der Waals surface area contributed by atoms with Gasteiger partial charge in [-0.15, -0.1) is 0 Å². The zero-order chi connectivity index (χ0) is 11.5. The van der Waals surface area contributed by atoms with E-state index in [0.29, 0.717) is 5.92 Å². The topological polar surface area (TPSA) is 41.0 Å². The molecule has 4 nitrogen and oxygen atoms in total. The maximum absolute atomic E-state index is 4.53. The fourth-order valence-electron chi connectivity index (χ4n) is 1.96. The van der Waals surface area contributed by atoms with Gasteiger partial charge in [-0.05, 0) is 12.8 Å². The molecule has 6 heteroatoms. The van der Waals surface area contributed by atoms with Gasteiger partial charge in [-0.3, -0.25) is 4.90 Å². The highest BCUT2D eigenvalue weighted by molar-refractivity contribution is 7.99. The van der Waals surface area contributed by atoms with Crippen molar-refractivity contribution in [2.45, 2.75) is 18.8 Å². The van der Waals surface area contributed by atoms with E-state index in [-0.39, 0.29) is 0 Å². The Hall–Kier alpha value is -0.330. The molecule has 2 fully saturated rings. The van der Waals surface area contributed by atoms with Crippen LogP contribution in [0.1, 0.15) is 24.6 Å². The lowest BCUT2D eigenvalue weighted by Crippen LogP contribution is -2.36. The number of nitrogens with zero attached hydrogens (tertiary/aromatic N) is 3. The van der Waals surface area contributed by atoms with E-state index in [2.05, 4.69) is 31.3 Å². The average Bonchev–Trinajstić information content (AvgIpc) is 3.11. The number of anilines is 1. The maximum Gasteiger partial charge on any atom is 0.202 e. The number of hydrogen-bond donors (Lipinski definition) is 1. The molecule has 0 atom stereocenters. The van der Waals surface area contributed by atoms with Gasteiger partial charge < -0.3 is 5.32 Å². The lowest BCUT2D eigenvalue weighted by Gasteiger charge is -2.25. The maximum atomic E-state index is 4.53. The number of hydrogen-bond acceptors (Lipinski definition) is 6. The summed E-state index contributed by atoms with van der Waals surface area (Å²) in [6.07, 6.45) is 2.56. The molecule has 0 radical (unpaired) electrons. The molecule has 1 aliphatic heterocycles. The molecule has 0 spiro atoms. The van der Waals surface area contributed by atoms with E-state index in [4.69, 9.17) is 0 Å². The van der Waals surface area contributed by atoms with Gasteiger partial charge in [0.15, 0.2) is 0 Å². The minimum Gasteiger partial charge on any atom is -0.359 e. The number of aromatic nitrogens is 2. The van der Waals surface area contributed by atoms with Crippen molar-refractivity contribution in [3.63, 3.8) is 0 Å². The fourth-order valence-corrected chi connectivity index (χ4v) is 3.61. The Morgan fingerprint density at radius 1 is 1.29 bits per heavy atom. The van der Waals surface area contributed by atoms with E-state index in [0.717, 1.165) is 24.0 Å². The molecule has 94 valence electrons. The Morgan fingerprint density at radius 3 is 2.88 bits per heavy atom. The Labute approximate surface area is 110 Å². The molecule has 1 N–H and O–H groups in total. The van der Waals surface area contributed by atoms with Crippen LogP contribution in [0.5, 0.6) is 0 Å². The third-order valence-electron chi connectivity index (χ3n) is 3.19. The van der Waals surface area contributed by atoms with Gasteiger partial charge in [-0.25, -0.2) is 4.98 Å². The molecule has 0 bridgehead atoms. The summed E-state index contributed by atoms with van der Waals surface area (Å²) in [7, 11) is 0. The van der Waals surface area contributed by atoms with Crippen LogP contribution in [0.2, 0.25) is 0 Å². The van der Waals surface area contributed by atoms with Crippen LogP contribution in [-0.4, -0.2) is 51.9 Å². The van der Waals surface area contributed by atoms with Crippen molar-refractivity contribution in [2.75, 3.05) is 43.0 Å². The zero-order valence-corrected chi connectivity index (χ0v) is 11.5. The highest BCUT2D eigenvalue weighted by Crippen LogP contribution is 2.39. The summed E-state index contributed by atoms with van der Waals surface area (Å²) in [6.45, 7) is 4.58. The first-order valence-electron chi connectivity index (χ1n) is 6.29. The van der Waals surface area contributed by atoms with Crippen molar-refractivity contribution in [1.29, 1.82) is 0 Å². The summed E-state index contributed by atoms with van der Waals surface area (Å²) in [4.78, 5) is 7.05. The van der Waals surface area contributed by atoms with Gasteiger partial charge in [-0.1, -0.05) is 0 Å². The van der Waals surface area contributed by atoms with Crippen molar-refractivity contribution < 1.29 is 0 Å². The van der Waals surface area contributed by atoms with Gasteiger partial charge in [0.2, 0.25) is 5.13 Å². The monoisotopic (exact) mass is 270 g/mol. The van der Waals surface area contributed by atoms with E-state index in [1.807, 2.05) is 0 Å². The largest absolute Gasteiger partial charge is 0.359 e. The van der Waals surface area contributed by atoms with Gasteiger partial charge in [-0.2, -0.15) is 16.1 Å². The van der Waals surface area contributed by atoms with Crippen LogP contribution < -0.4 is 5.32 Å². The molecular weight excluding hydrogens is 252 g/mol. The van der Waals surface area contributed by atoms with Crippen molar-refractivity contribution in [2.24, 2.45) is 0 Å². The lowest BCUT2D eigenvalue weighted by molar-refractivity contribution is 0.314. The Morgan fingerprint density at radius 2 is 2.12 bits per heavy atom. The number of nitrogens with one attached hydrogen (secondary N) is 1. The Balaban J connectivity index is 1.40. The normalized spacial score (nSPS) is 21.6. The van der Waals surface area contributed by atoms with Crippen molar-refractivity contribution in [1.82, 2.24) is 14.3 Å². The first kappa shape index (κ1) is 11.7. The third kappa shape index (κ3) is 3.33. The predicted molar refractivity (Wildman–Crippen MR) is 74.1 cm³/mol. The van der Waals surface area contributed by atoms with Gasteiger partial charge in [0, 0.05) is 55.1 Å². The molecule has 0 aromatic carbocycles. The zero-order valence-electron chi connectivity index (χ0n) is 9.89. The SMILES string of the molecule is C(CN1CCSCC1)Nc1nc(C2CC2)ns1. The highest BCUT2D eigenvalue weighted by Gasteiger charge is 2.27. The van der Waals surface area contributed by atoms with E-state index < -0.39 is 0 Å². The summed E-state index contributed by atoms with van der Waals surface area (Å²) >= 11 is 3.57. The lowest BCUT2D eigenvalue weighted by atomic mass is 10.4. The Bertz CT molecular complexity index is 358. The van der Waals surface area contributed by atoms with Crippen LogP contribution in [0.4, 0.5) is 5.13 Å². The molecule has 17 heavy (non-hydrogen) atoms. The molecule has 3 rings (SSSR count). The summed E-state index contributed by atoms with van der Waals surface area (Å²) in [5, 5.41) is 4.39. The van der Waals surface area contributed by atoms with Gasteiger partial charge in [0.05, 0.1) is 0 Å². The van der Waals surface area contributed by atoms with Crippen molar-refractivity contribution in [3.05, 3.63) is 5.82 Å². The predicted octanol–water partition coefficient (Wildman–Crippen LogP) is 1.88. The standard InChI is InChI=1S/C11H18N4S2/c1-2-9(1)10-13-11(17-14-10)12-3-4-15-5-7-16-8-6-15/h9H,1-8H2,(H,12,13,14). The van der Waals surface area contributed by atoms with Crippen LogP contribution >= 0.6 is 23.3 Å². The molecule has 1 aromatic heterocycles. The number of thioether (sulfide) groups is 1. The summed E-state index contributed by atoms with van der Waals surface area (Å²) in [5.41, 5.74) is 0. The molecule has 2 heterocycles. The first-order valence-corrected chi connectivity index (χ1v) is 8.22. The highest BCUT2D eigenvalue weighted by atomic mass is 32.2. The van der Waals surface area contributed by atoms with Crippen molar-refractivity contribution >= 4 is 28.4 Å². The fraction of sp³-hybridized carbons (Fsp3) is 0.818.